The van der Waals surface area contributed by atoms with Crippen molar-refractivity contribution in [3.63, 3.8) is 0 Å². The van der Waals surface area contributed by atoms with Crippen LogP contribution in [0.2, 0.25) is 0 Å². The normalized spacial score (nSPS) is 16.6. The first kappa shape index (κ1) is 22.7. The van der Waals surface area contributed by atoms with Gasteiger partial charge in [0.15, 0.2) is 0 Å². The molecule has 0 radical (unpaired) electrons. The first-order valence-corrected chi connectivity index (χ1v) is 10.4. The summed E-state index contributed by atoms with van der Waals surface area (Å²) in [7, 11) is 0. The van der Waals surface area contributed by atoms with Crippen molar-refractivity contribution in [2.24, 2.45) is 5.92 Å². The minimum absolute atomic E-state index is 0.0466. The van der Waals surface area contributed by atoms with Gasteiger partial charge in [0, 0.05) is 25.3 Å². The number of hydrogen-bond donors (Lipinski definition) is 2. The third-order valence-electron chi connectivity index (χ3n) is 5.26. The molecule has 0 bridgehead atoms. The lowest BCUT2D eigenvalue weighted by molar-refractivity contribution is -0.137. The van der Waals surface area contributed by atoms with Gasteiger partial charge in [0.05, 0.1) is 22.7 Å². The molecule has 0 aromatic heterocycles. The SMILES string of the molecule is CCCNC(=O)C1CCCN(C(=O)c2ccccc2Nc2cccc(C(F)(F)F)c2)C1. The van der Waals surface area contributed by atoms with Crippen molar-refractivity contribution in [3.05, 3.63) is 59.7 Å². The lowest BCUT2D eigenvalue weighted by atomic mass is 9.96. The molecule has 1 aliphatic heterocycles. The Balaban J connectivity index is 1.77. The van der Waals surface area contributed by atoms with Gasteiger partial charge < -0.3 is 15.5 Å². The summed E-state index contributed by atoms with van der Waals surface area (Å²) in [5.41, 5.74) is 0.253. The van der Waals surface area contributed by atoms with Crippen LogP contribution in [-0.4, -0.2) is 36.3 Å². The average Bonchev–Trinajstić information content (AvgIpc) is 2.77. The number of hydrogen-bond acceptors (Lipinski definition) is 3. The fourth-order valence-corrected chi connectivity index (χ4v) is 3.65. The summed E-state index contributed by atoms with van der Waals surface area (Å²) < 4.78 is 39.0. The number of likely N-dealkylation sites (tertiary alicyclic amines) is 1. The third-order valence-corrected chi connectivity index (χ3v) is 5.26. The van der Waals surface area contributed by atoms with E-state index in [-0.39, 0.29) is 23.4 Å². The maximum atomic E-state index is 13.2. The Morgan fingerprint density at radius 3 is 2.65 bits per heavy atom. The highest BCUT2D eigenvalue weighted by atomic mass is 19.4. The number of carbonyl (C=O) groups excluding carboxylic acids is 2. The van der Waals surface area contributed by atoms with Crippen molar-refractivity contribution in [2.45, 2.75) is 32.4 Å². The molecule has 2 amide bonds. The molecule has 2 aromatic carbocycles. The molecular weight excluding hydrogens is 407 g/mol. The Kier molecular flexibility index (Phi) is 7.20. The molecule has 31 heavy (non-hydrogen) atoms. The standard InChI is InChI=1S/C23H26F3N3O2/c1-2-12-27-21(30)16-7-6-13-29(15-16)22(31)19-10-3-4-11-20(19)28-18-9-5-8-17(14-18)23(24,25)26/h3-5,8-11,14,16,28H,2,6-7,12-13,15H2,1H3,(H,27,30). The lowest BCUT2D eigenvalue weighted by Gasteiger charge is -2.32. The van der Waals surface area contributed by atoms with Crippen molar-refractivity contribution in [2.75, 3.05) is 25.0 Å². The molecule has 0 spiro atoms. The highest BCUT2D eigenvalue weighted by molar-refractivity contribution is 6.00. The van der Waals surface area contributed by atoms with E-state index in [4.69, 9.17) is 0 Å². The quantitative estimate of drug-likeness (QED) is 0.686. The van der Waals surface area contributed by atoms with Crippen LogP contribution in [0.5, 0.6) is 0 Å². The first-order valence-electron chi connectivity index (χ1n) is 10.4. The summed E-state index contributed by atoms with van der Waals surface area (Å²) in [6, 6.07) is 11.6. The molecule has 3 rings (SSSR count). The molecule has 2 N–H and O–H groups in total. The van der Waals surface area contributed by atoms with Crippen molar-refractivity contribution in [1.82, 2.24) is 10.2 Å². The van der Waals surface area contributed by atoms with Crippen LogP contribution < -0.4 is 10.6 Å². The highest BCUT2D eigenvalue weighted by Crippen LogP contribution is 2.32. The minimum Gasteiger partial charge on any atom is -0.356 e. The average molecular weight is 433 g/mol. The number of piperidine rings is 1. The maximum absolute atomic E-state index is 13.2. The molecule has 0 saturated carbocycles. The number of carbonyl (C=O) groups is 2. The van der Waals surface area contributed by atoms with Crippen LogP contribution in [0, 0.1) is 5.92 Å². The topological polar surface area (TPSA) is 61.4 Å². The van der Waals surface area contributed by atoms with Crippen LogP contribution in [0.15, 0.2) is 48.5 Å². The van der Waals surface area contributed by atoms with Crippen LogP contribution >= 0.6 is 0 Å². The summed E-state index contributed by atoms with van der Waals surface area (Å²) in [6.07, 6.45) is -2.16. The van der Waals surface area contributed by atoms with E-state index in [1.165, 1.54) is 12.1 Å². The van der Waals surface area contributed by atoms with Crippen molar-refractivity contribution < 1.29 is 22.8 Å². The Hall–Kier alpha value is -3.03. The van der Waals surface area contributed by atoms with Gasteiger partial charge in [-0.3, -0.25) is 9.59 Å². The molecule has 1 atom stereocenters. The van der Waals surface area contributed by atoms with E-state index in [0.29, 0.717) is 30.9 Å². The largest absolute Gasteiger partial charge is 0.416 e. The van der Waals surface area contributed by atoms with Crippen molar-refractivity contribution in [3.8, 4) is 0 Å². The maximum Gasteiger partial charge on any atom is 0.416 e. The van der Waals surface area contributed by atoms with Gasteiger partial charge in [-0.15, -0.1) is 0 Å². The predicted molar refractivity (Wildman–Crippen MR) is 113 cm³/mol. The van der Waals surface area contributed by atoms with E-state index < -0.39 is 11.7 Å². The second kappa shape index (κ2) is 9.85. The molecule has 0 aliphatic carbocycles. The molecule has 1 unspecified atom stereocenters. The fourth-order valence-electron chi connectivity index (χ4n) is 3.65. The Bertz CT molecular complexity index is 930. The Morgan fingerprint density at radius 2 is 1.90 bits per heavy atom. The second-order valence-corrected chi connectivity index (χ2v) is 7.63. The number of nitrogens with one attached hydrogen (secondary N) is 2. The molecule has 1 aliphatic rings. The van der Waals surface area contributed by atoms with Gasteiger partial charge >= 0.3 is 6.18 Å². The van der Waals surface area contributed by atoms with E-state index in [1.54, 1.807) is 29.2 Å². The molecule has 8 heteroatoms. The molecule has 1 fully saturated rings. The molecule has 1 saturated heterocycles. The summed E-state index contributed by atoms with van der Waals surface area (Å²) in [6.45, 7) is 3.44. The van der Waals surface area contributed by atoms with Crippen molar-refractivity contribution >= 4 is 23.2 Å². The number of alkyl halides is 3. The smallest absolute Gasteiger partial charge is 0.356 e. The van der Waals surface area contributed by atoms with E-state index >= 15 is 0 Å². The van der Waals surface area contributed by atoms with Crippen LogP contribution in [0.4, 0.5) is 24.5 Å². The summed E-state index contributed by atoms with van der Waals surface area (Å²) in [5, 5.41) is 5.82. The van der Waals surface area contributed by atoms with Gasteiger partial charge in [0.1, 0.15) is 0 Å². The van der Waals surface area contributed by atoms with E-state index in [1.807, 2.05) is 6.92 Å². The predicted octanol–water partition coefficient (Wildman–Crippen LogP) is 4.83. The van der Waals surface area contributed by atoms with Crippen LogP contribution in [0.1, 0.15) is 42.1 Å². The van der Waals surface area contributed by atoms with Gasteiger partial charge in [0.2, 0.25) is 5.91 Å². The number of amides is 2. The van der Waals surface area contributed by atoms with Gasteiger partial charge in [-0.1, -0.05) is 25.1 Å². The third kappa shape index (κ3) is 5.77. The molecule has 5 nitrogen and oxygen atoms in total. The van der Waals surface area contributed by atoms with E-state index in [0.717, 1.165) is 31.4 Å². The van der Waals surface area contributed by atoms with Crippen molar-refractivity contribution in [1.29, 1.82) is 0 Å². The number of rotatable bonds is 6. The Morgan fingerprint density at radius 1 is 1.13 bits per heavy atom. The number of nitrogens with zero attached hydrogens (tertiary/aromatic N) is 1. The Labute approximate surface area is 179 Å². The summed E-state index contributed by atoms with van der Waals surface area (Å²) >= 11 is 0. The second-order valence-electron chi connectivity index (χ2n) is 7.63. The van der Waals surface area contributed by atoms with Crippen LogP contribution in [0.25, 0.3) is 0 Å². The number of para-hydroxylation sites is 1. The monoisotopic (exact) mass is 433 g/mol. The van der Waals surface area contributed by atoms with Crippen LogP contribution in [0.3, 0.4) is 0 Å². The zero-order valence-electron chi connectivity index (χ0n) is 17.3. The molecule has 2 aromatic rings. The first-order chi connectivity index (χ1) is 14.8. The number of anilines is 2. The molecular formula is C23H26F3N3O2. The van der Waals surface area contributed by atoms with E-state index in [2.05, 4.69) is 10.6 Å². The van der Waals surface area contributed by atoms with Crippen LogP contribution in [-0.2, 0) is 11.0 Å². The molecule has 166 valence electrons. The number of benzene rings is 2. The zero-order chi connectivity index (χ0) is 22.4. The van der Waals surface area contributed by atoms with Gasteiger partial charge in [-0.2, -0.15) is 13.2 Å². The zero-order valence-corrected chi connectivity index (χ0v) is 17.3. The van der Waals surface area contributed by atoms with E-state index in [9.17, 15) is 22.8 Å². The lowest BCUT2D eigenvalue weighted by Crippen LogP contribution is -2.45. The van der Waals surface area contributed by atoms with Gasteiger partial charge in [0.25, 0.3) is 5.91 Å². The minimum atomic E-state index is -4.45. The summed E-state index contributed by atoms with van der Waals surface area (Å²) in [4.78, 5) is 27.2. The highest BCUT2D eigenvalue weighted by Gasteiger charge is 2.31. The van der Waals surface area contributed by atoms with Gasteiger partial charge in [-0.25, -0.2) is 0 Å². The van der Waals surface area contributed by atoms with Gasteiger partial charge in [-0.05, 0) is 49.6 Å². The summed E-state index contributed by atoms with van der Waals surface area (Å²) in [5.74, 6) is -0.550. The fraction of sp³-hybridized carbons (Fsp3) is 0.391. The molecule has 1 heterocycles. The number of halogens is 3.